The maximum absolute atomic E-state index is 12.1. The van der Waals surface area contributed by atoms with Gasteiger partial charge < -0.3 is 0 Å². The van der Waals surface area contributed by atoms with Crippen LogP contribution < -0.4 is 0 Å². The summed E-state index contributed by atoms with van der Waals surface area (Å²) in [6, 6.07) is 0. The van der Waals surface area contributed by atoms with Crippen LogP contribution in [-0.4, -0.2) is 31.0 Å². The fourth-order valence-electron chi connectivity index (χ4n) is 3.90. The summed E-state index contributed by atoms with van der Waals surface area (Å²) >= 11 is -2.15. The van der Waals surface area contributed by atoms with Gasteiger partial charge in [0, 0.05) is 0 Å². The van der Waals surface area contributed by atoms with Crippen LogP contribution in [0.5, 0.6) is 0 Å². The first-order valence-electron chi connectivity index (χ1n) is 9.31. The van der Waals surface area contributed by atoms with Gasteiger partial charge in [0.05, 0.1) is 0 Å². The summed E-state index contributed by atoms with van der Waals surface area (Å²) in [6.07, 6.45) is 9.31. The van der Waals surface area contributed by atoms with Gasteiger partial charge in [-0.15, -0.1) is 0 Å². The summed E-state index contributed by atoms with van der Waals surface area (Å²) in [4.78, 5) is 12.1. The summed E-state index contributed by atoms with van der Waals surface area (Å²) in [5.74, 6) is 0.416. The maximum atomic E-state index is 12.1. The fraction of sp³-hybridized carbons (Fsp3) is 0.944. The standard InChI is InChI=1S/C6H9O2.3C4H9.Sn/c1-2-8-6(7)5-3-4-5;3*1-3-4-2;/h3,5H,2,4H2,1H3;3*1,3-4H2,2H3;. The van der Waals surface area contributed by atoms with Crippen LogP contribution in [-0.2, 0) is 9.53 Å². The Hall–Kier alpha value is 0.269. The Morgan fingerprint density at radius 1 is 0.952 bits per heavy atom. The van der Waals surface area contributed by atoms with Gasteiger partial charge >= 0.3 is 136 Å². The van der Waals surface area contributed by atoms with E-state index in [1.165, 1.54) is 58.3 Å². The summed E-state index contributed by atoms with van der Waals surface area (Å²) in [7, 11) is 0. The predicted molar refractivity (Wildman–Crippen MR) is 93.4 cm³/mol. The van der Waals surface area contributed by atoms with Crippen molar-refractivity contribution in [2.75, 3.05) is 6.61 Å². The molecule has 1 aliphatic rings. The van der Waals surface area contributed by atoms with Gasteiger partial charge in [-0.2, -0.15) is 0 Å². The van der Waals surface area contributed by atoms with Crippen LogP contribution >= 0.6 is 0 Å². The molecule has 2 unspecified atom stereocenters. The molecule has 0 radical (unpaired) electrons. The molecule has 0 aliphatic heterocycles. The number of rotatable bonds is 12. The van der Waals surface area contributed by atoms with E-state index in [9.17, 15) is 4.79 Å². The number of esters is 1. The number of unbranched alkanes of at least 4 members (excludes halogenated alkanes) is 3. The molecule has 0 spiro atoms. The van der Waals surface area contributed by atoms with E-state index >= 15 is 0 Å². The minimum atomic E-state index is -2.15. The monoisotopic (exact) mass is 404 g/mol. The van der Waals surface area contributed by atoms with Crippen LogP contribution in [0.2, 0.25) is 17.2 Å². The van der Waals surface area contributed by atoms with E-state index < -0.39 is 18.4 Å². The second-order valence-electron chi connectivity index (χ2n) is 6.87. The Kier molecular flexibility index (Phi) is 9.31. The molecule has 1 saturated carbocycles. The van der Waals surface area contributed by atoms with Crippen LogP contribution in [0, 0.1) is 5.92 Å². The van der Waals surface area contributed by atoms with Gasteiger partial charge in [0.2, 0.25) is 0 Å². The minimum absolute atomic E-state index is 0.119. The summed E-state index contributed by atoms with van der Waals surface area (Å²) in [6.45, 7) is 9.41. The van der Waals surface area contributed by atoms with E-state index in [4.69, 9.17) is 4.74 Å². The summed E-state index contributed by atoms with van der Waals surface area (Å²) in [5, 5.41) is 0. The van der Waals surface area contributed by atoms with Crippen LogP contribution in [0.25, 0.3) is 0 Å². The molecular weight excluding hydrogens is 367 g/mol. The molecule has 124 valence electrons. The zero-order valence-corrected chi connectivity index (χ0v) is 17.6. The van der Waals surface area contributed by atoms with Gasteiger partial charge in [-0.1, -0.05) is 0 Å². The SMILES string of the molecule is CCC[CH2][Sn]([CH2]CCC)([CH2]CCC)[CH]1CC1C(=O)OCC. The van der Waals surface area contributed by atoms with Crippen molar-refractivity contribution in [3.8, 4) is 0 Å². The van der Waals surface area contributed by atoms with Gasteiger partial charge in [0.1, 0.15) is 0 Å². The summed E-state index contributed by atoms with van der Waals surface area (Å²) < 4.78 is 10.7. The quantitative estimate of drug-likeness (QED) is 0.305. The Balaban J connectivity index is 2.75. The van der Waals surface area contributed by atoms with Crippen molar-refractivity contribution in [3.05, 3.63) is 0 Å². The van der Waals surface area contributed by atoms with E-state index in [1.54, 1.807) is 0 Å². The Bertz CT molecular complexity index is 282. The second kappa shape index (κ2) is 10.1. The molecular formula is C18H36O2Sn. The number of carbonyl (C=O) groups is 1. The van der Waals surface area contributed by atoms with Crippen LogP contribution in [0.15, 0.2) is 0 Å². The molecule has 21 heavy (non-hydrogen) atoms. The Morgan fingerprint density at radius 3 is 1.81 bits per heavy atom. The topological polar surface area (TPSA) is 26.3 Å². The van der Waals surface area contributed by atoms with E-state index in [-0.39, 0.29) is 5.97 Å². The molecule has 0 aromatic rings. The summed E-state index contributed by atoms with van der Waals surface area (Å²) in [5.41, 5.74) is 0. The number of ether oxygens (including phenoxy) is 1. The van der Waals surface area contributed by atoms with Crippen molar-refractivity contribution in [2.24, 2.45) is 5.92 Å². The van der Waals surface area contributed by atoms with Gasteiger partial charge in [0.15, 0.2) is 0 Å². The van der Waals surface area contributed by atoms with Crippen LogP contribution in [0.3, 0.4) is 0 Å². The molecule has 1 rings (SSSR count). The number of carbonyl (C=O) groups excluding carboxylic acids is 1. The van der Waals surface area contributed by atoms with Crippen molar-refractivity contribution < 1.29 is 9.53 Å². The molecule has 0 bridgehead atoms. The fourth-order valence-corrected chi connectivity index (χ4v) is 23.2. The third-order valence-corrected chi connectivity index (χ3v) is 23.1. The van der Waals surface area contributed by atoms with E-state index in [2.05, 4.69) is 20.8 Å². The van der Waals surface area contributed by atoms with Gasteiger partial charge in [0.25, 0.3) is 0 Å². The van der Waals surface area contributed by atoms with Crippen LogP contribution in [0.1, 0.15) is 72.6 Å². The zero-order valence-electron chi connectivity index (χ0n) is 14.7. The number of hydrogen-bond donors (Lipinski definition) is 0. The van der Waals surface area contributed by atoms with Crippen molar-refractivity contribution >= 4 is 24.3 Å². The third-order valence-electron chi connectivity index (χ3n) is 5.25. The average molecular weight is 403 g/mol. The van der Waals surface area contributed by atoms with Crippen molar-refractivity contribution in [2.45, 2.75) is 89.9 Å². The van der Waals surface area contributed by atoms with Crippen LogP contribution in [0.4, 0.5) is 0 Å². The van der Waals surface area contributed by atoms with Gasteiger partial charge in [-0.25, -0.2) is 0 Å². The predicted octanol–water partition coefficient (Wildman–Crippen LogP) is 5.79. The molecule has 0 amide bonds. The third kappa shape index (κ3) is 5.76. The van der Waals surface area contributed by atoms with Gasteiger partial charge in [-0.05, 0) is 0 Å². The van der Waals surface area contributed by atoms with Gasteiger partial charge in [-0.3, -0.25) is 0 Å². The Morgan fingerprint density at radius 2 is 1.43 bits per heavy atom. The molecule has 0 saturated heterocycles. The molecule has 3 heteroatoms. The van der Waals surface area contributed by atoms with E-state index in [0.717, 1.165) is 3.93 Å². The second-order valence-corrected chi connectivity index (χ2v) is 21.0. The van der Waals surface area contributed by atoms with E-state index in [0.29, 0.717) is 12.5 Å². The zero-order chi connectivity index (χ0) is 15.7. The first-order valence-corrected chi connectivity index (χ1v) is 17.0. The van der Waals surface area contributed by atoms with Crippen molar-refractivity contribution in [3.63, 3.8) is 0 Å². The normalized spacial score (nSPS) is 21.3. The molecule has 1 aliphatic carbocycles. The Labute approximate surface area is 136 Å². The van der Waals surface area contributed by atoms with Crippen molar-refractivity contribution in [1.29, 1.82) is 0 Å². The van der Waals surface area contributed by atoms with Crippen molar-refractivity contribution in [1.82, 2.24) is 0 Å². The molecule has 2 nitrogen and oxygen atoms in total. The molecule has 2 atom stereocenters. The molecule has 0 aromatic carbocycles. The number of hydrogen-bond acceptors (Lipinski definition) is 2. The first-order chi connectivity index (χ1) is 10.1. The van der Waals surface area contributed by atoms with E-state index in [1.807, 2.05) is 6.92 Å². The first kappa shape index (κ1) is 19.3. The average Bonchev–Trinajstić information content (AvgIpc) is 3.28. The molecule has 0 aromatic heterocycles. The molecule has 0 heterocycles. The molecule has 0 N–H and O–H groups in total. The molecule has 1 fully saturated rings.